The third kappa shape index (κ3) is 3.69. The predicted octanol–water partition coefficient (Wildman–Crippen LogP) is 2.60. The minimum absolute atomic E-state index is 0.423. The number of nitrogens with zero attached hydrogens (tertiary/aromatic N) is 1. The standard InChI is InChI=1S/C15H22N2/c1-2-10-16-15(13-17-11-6-7-12-17)14-8-4-3-5-9-14/h2-5,8-9,15-16H,1,6-7,10-13H2/t15-/m1/s1. The molecule has 1 fully saturated rings. The fourth-order valence-electron chi connectivity index (χ4n) is 2.42. The molecule has 0 spiro atoms. The fraction of sp³-hybridized carbons (Fsp3) is 0.467. The smallest absolute Gasteiger partial charge is 0.0451 e. The molecule has 2 rings (SSSR count). The quantitative estimate of drug-likeness (QED) is 0.756. The zero-order chi connectivity index (χ0) is 11.9. The minimum atomic E-state index is 0.423. The van der Waals surface area contributed by atoms with Gasteiger partial charge >= 0.3 is 0 Å². The number of hydrogen-bond donors (Lipinski definition) is 1. The molecule has 17 heavy (non-hydrogen) atoms. The van der Waals surface area contributed by atoms with Crippen molar-refractivity contribution in [2.24, 2.45) is 0 Å². The average molecular weight is 230 g/mol. The first-order valence-corrected chi connectivity index (χ1v) is 6.52. The molecule has 1 N–H and O–H groups in total. The maximum Gasteiger partial charge on any atom is 0.0451 e. The van der Waals surface area contributed by atoms with Gasteiger partial charge in [-0.05, 0) is 31.5 Å². The number of rotatable bonds is 6. The lowest BCUT2D eigenvalue weighted by Gasteiger charge is -2.24. The molecular formula is C15H22N2. The van der Waals surface area contributed by atoms with E-state index in [1.54, 1.807) is 0 Å². The number of benzene rings is 1. The van der Waals surface area contributed by atoms with E-state index < -0.39 is 0 Å². The second-order valence-corrected chi connectivity index (χ2v) is 4.67. The first-order valence-electron chi connectivity index (χ1n) is 6.52. The highest BCUT2D eigenvalue weighted by atomic mass is 15.2. The Balaban J connectivity index is 1.99. The molecule has 1 aromatic rings. The monoisotopic (exact) mass is 230 g/mol. The van der Waals surface area contributed by atoms with E-state index in [2.05, 4.69) is 47.1 Å². The maximum absolute atomic E-state index is 3.78. The zero-order valence-corrected chi connectivity index (χ0v) is 10.4. The Morgan fingerprint density at radius 3 is 2.59 bits per heavy atom. The summed E-state index contributed by atoms with van der Waals surface area (Å²) < 4.78 is 0. The molecule has 0 aliphatic carbocycles. The molecule has 1 saturated heterocycles. The first kappa shape index (κ1) is 12.3. The third-order valence-corrected chi connectivity index (χ3v) is 3.35. The van der Waals surface area contributed by atoms with Crippen LogP contribution in [0.25, 0.3) is 0 Å². The van der Waals surface area contributed by atoms with Crippen molar-refractivity contribution in [1.82, 2.24) is 10.2 Å². The Bertz CT molecular complexity index is 328. The van der Waals surface area contributed by atoms with Crippen LogP contribution in [0.2, 0.25) is 0 Å². The number of likely N-dealkylation sites (tertiary alicyclic amines) is 1. The van der Waals surface area contributed by atoms with E-state index in [4.69, 9.17) is 0 Å². The summed E-state index contributed by atoms with van der Waals surface area (Å²) in [6, 6.07) is 11.1. The number of hydrogen-bond acceptors (Lipinski definition) is 2. The molecule has 0 amide bonds. The molecule has 2 nitrogen and oxygen atoms in total. The lowest BCUT2D eigenvalue weighted by Crippen LogP contribution is -2.33. The minimum Gasteiger partial charge on any atom is -0.305 e. The van der Waals surface area contributed by atoms with Gasteiger partial charge in [0.1, 0.15) is 0 Å². The molecule has 1 aliphatic rings. The van der Waals surface area contributed by atoms with Crippen molar-refractivity contribution in [3.05, 3.63) is 48.6 Å². The van der Waals surface area contributed by atoms with Crippen LogP contribution in [0, 0.1) is 0 Å². The van der Waals surface area contributed by atoms with Crippen LogP contribution in [0.15, 0.2) is 43.0 Å². The van der Waals surface area contributed by atoms with Crippen molar-refractivity contribution in [3.8, 4) is 0 Å². The summed E-state index contributed by atoms with van der Waals surface area (Å²) in [6.07, 6.45) is 4.63. The zero-order valence-electron chi connectivity index (χ0n) is 10.4. The molecule has 1 atom stereocenters. The molecule has 2 heteroatoms. The van der Waals surface area contributed by atoms with E-state index >= 15 is 0 Å². The molecule has 1 heterocycles. The Morgan fingerprint density at radius 2 is 1.94 bits per heavy atom. The molecule has 0 unspecified atom stereocenters. The third-order valence-electron chi connectivity index (χ3n) is 3.35. The summed E-state index contributed by atoms with van der Waals surface area (Å²) in [7, 11) is 0. The van der Waals surface area contributed by atoms with Crippen LogP contribution >= 0.6 is 0 Å². The van der Waals surface area contributed by atoms with E-state index in [1.807, 2.05) is 6.08 Å². The van der Waals surface area contributed by atoms with Gasteiger partial charge in [-0.1, -0.05) is 36.4 Å². The van der Waals surface area contributed by atoms with E-state index in [0.717, 1.165) is 13.1 Å². The second kappa shape index (κ2) is 6.58. The number of nitrogens with one attached hydrogen (secondary N) is 1. The normalized spacial score (nSPS) is 18.1. The largest absolute Gasteiger partial charge is 0.305 e. The summed E-state index contributed by atoms with van der Waals surface area (Å²) in [5, 5.41) is 3.55. The highest BCUT2D eigenvalue weighted by molar-refractivity contribution is 5.19. The van der Waals surface area contributed by atoms with E-state index in [1.165, 1.54) is 31.5 Å². The lowest BCUT2D eigenvalue weighted by atomic mass is 10.1. The highest BCUT2D eigenvalue weighted by Gasteiger charge is 2.17. The van der Waals surface area contributed by atoms with Crippen LogP contribution in [0.4, 0.5) is 0 Å². The van der Waals surface area contributed by atoms with Gasteiger partial charge in [-0.25, -0.2) is 0 Å². The van der Waals surface area contributed by atoms with Crippen molar-refractivity contribution in [1.29, 1.82) is 0 Å². The molecule has 1 aromatic carbocycles. The van der Waals surface area contributed by atoms with Crippen LogP contribution in [-0.2, 0) is 0 Å². The van der Waals surface area contributed by atoms with Gasteiger partial charge in [0, 0.05) is 19.1 Å². The fourth-order valence-corrected chi connectivity index (χ4v) is 2.42. The van der Waals surface area contributed by atoms with Gasteiger partial charge in [0.05, 0.1) is 0 Å². The molecular weight excluding hydrogens is 208 g/mol. The summed E-state index contributed by atoms with van der Waals surface area (Å²) in [5.74, 6) is 0. The molecule has 0 saturated carbocycles. The summed E-state index contributed by atoms with van der Waals surface area (Å²) >= 11 is 0. The Labute approximate surface area is 104 Å². The van der Waals surface area contributed by atoms with Crippen LogP contribution in [0.5, 0.6) is 0 Å². The van der Waals surface area contributed by atoms with Gasteiger partial charge in [-0.2, -0.15) is 0 Å². The summed E-state index contributed by atoms with van der Waals surface area (Å²) in [6.45, 7) is 8.26. The van der Waals surface area contributed by atoms with Crippen LogP contribution in [-0.4, -0.2) is 31.1 Å². The van der Waals surface area contributed by atoms with Gasteiger partial charge < -0.3 is 10.2 Å². The highest BCUT2D eigenvalue weighted by Crippen LogP contribution is 2.17. The first-order chi connectivity index (χ1) is 8.40. The van der Waals surface area contributed by atoms with Gasteiger partial charge in [0.2, 0.25) is 0 Å². The second-order valence-electron chi connectivity index (χ2n) is 4.67. The lowest BCUT2D eigenvalue weighted by molar-refractivity contribution is 0.296. The van der Waals surface area contributed by atoms with Gasteiger partial charge in [0.25, 0.3) is 0 Å². The molecule has 0 aromatic heterocycles. The predicted molar refractivity (Wildman–Crippen MR) is 73.1 cm³/mol. The van der Waals surface area contributed by atoms with Gasteiger partial charge in [-0.15, -0.1) is 6.58 Å². The maximum atomic E-state index is 3.78. The van der Waals surface area contributed by atoms with Crippen molar-refractivity contribution in [3.63, 3.8) is 0 Å². The molecule has 1 aliphatic heterocycles. The Hall–Kier alpha value is -1.12. The van der Waals surface area contributed by atoms with Crippen LogP contribution < -0.4 is 5.32 Å². The Morgan fingerprint density at radius 1 is 1.24 bits per heavy atom. The van der Waals surface area contributed by atoms with Crippen molar-refractivity contribution < 1.29 is 0 Å². The van der Waals surface area contributed by atoms with Crippen LogP contribution in [0.1, 0.15) is 24.4 Å². The van der Waals surface area contributed by atoms with Crippen molar-refractivity contribution in [2.45, 2.75) is 18.9 Å². The topological polar surface area (TPSA) is 15.3 Å². The van der Waals surface area contributed by atoms with E-state index in [0.29, 0.717) is 6.04 Å². The van der Waals surface area contributed by atoms with Gasteiger partial charge in [0.15, 0.2) is 0 Å². The van der Waals surface area contributed by atoms with E-state index in [-0.39, 0.29) is 0 Å². The summed E-state index contributed by atoms with van der Waals surface area (Å²) in [4.78, 5) is 2.55. The summed E-state index contributed by atoms with van der Waals surface area (Å²) in [5.41, 5.74) is 1.38. The SMILES string of the molecule is C=CCN[C@H](CN1CCCC1)c1ccccc1. The molecule has 0 bridgehead atoms. The van der Waals surface area contributed by atoms with Gasteiger partial charge in [-0.3, -0.25) is 0 Å². The van der Waals surface area contributed by atoms with Crippen molar-refractivity contribution in [2.75, 3.05) is 26.2 Å². The molecule has 92 valence electrons. The van der Waals surface area contributed by atoms with Crippen molar-refractivity contribution >= 4 is 0 Å². The van der Waals surface area contributed by atoms with E-state index in [9.17, 15) is 0 Å². The molecule has 0 radical (unpaired) electrons. The Kier molecular flexibility index (Phi) is 4.77. The van der Waals surface area contributed by atoms with Crippen LogP contribution in [0.3, 0.4) is 0 Å². The average Bonchev–Trinajstić information content (AvgIpc) is 2.88.